The number of aliphatic carboxylic acids is 1. The summed E-state index contributed by atoms with van der Waals surface area (Å²) in [6, 6.07) is 0.500. The second-order valence-electron chi connectivity index (χ2n) is 7.80. The van der Waals surface area contributed by atoms with Gasteiger partial charge in [0.2, 0.25) is 5.91 Å². The predicted octanol–water partition coefficient (Wildman–Crippen LogP) is 1.35. The van der Waals surface area contributed by atoms with Crippen LogP contribution in [0.25, 0.3) is 0 Å². The third-order valence-corrected chi connectivity index (χ3v) is 15.6. The molecule has 0 aliphatic rings. The molecule has 0 aliphatic heterocycles. The van der Waals surface area contributed by atoms with Crippen LogP contribution >= 0.6 is 0 Å². The van der Waals surface area contributed by atoms with Crippen LogP contribution in [0.15, 0.2) is 12.2 Å². The Kier molecular flexibility index (Phi) is 9.97. The van der Waals surface area contributed by atoms with Gasteiger partial charge in [0.1, 0.15) is 0 Å². The molecule has 1 atom stereocenters. The fraction of sp³-hybridized carbons (Fsp3) is 0.714. The second kappa shape index (κ2) is 10.2. The van der Waals surface area contributed by atoms with E-state index in [0.717, 1.165) is 12.2 Å². The minimum atomic E-state index is -2.87. The van der Waals surface area contributed by atoms with Crippen LogP contribution < -0.4 is 5.32 Å². The molecule has 0 aromatic heterocycles. The molecule has 0 radical (unpaired) electrons. The standard InChI is InChI=1S/C14H33NO8Si4/c1-24(2,19)21-26(5,6)23-27(7,22-25(3,4)20)12-8-11-15-13(16)9-10-14(17)18/h9-10,19-20H,8,11-12H2,1-7H3,(H,15,16)(H,17,18)/b10-9-. The van der Waals surface area contributed by atoms with Gasteiger partial charge < -0.3 is 32.4 Å². The summed E-state index contributed by atoms with van der Waals surface area (Å²) >= 11 is 0. The summed E-state index contributed by atoms with van der Waals surface area (Å²) in [7, 11) is -11.2. The van der Waals surface area contributed by atoms with E-state index in [4.69, 9.17) is 17.5 Å². The zero-order chi connectivity index (χ0) is 21.5. The van der Waals surface area contributed by atoms with E-state index in [2.05, 4.69) is 5.32 Å². The molecule has 0 saturated heterocycles. The maximum Gasteiger partial charge on any atom is 0.328 e. The minimum absolute atomic E-state index is 0.314. The van der Waals surface area contributed by atoms with Gasteiger partial charge in [-0.2, -0.15) is 0 Å². The lowest BCUT2D eigenvalue weighted by Crippen LogP contribution is -2.58. The molecule has 0 saturated carbocycles. The molecule has 27 heavy (non-hydrogen) atoms. The fourth-order valence-corrected chi connectivity index (χ4v) is 18.5. The molecule has 9 nitrogen and oxygen atoms in total. The van der Waals surface area contributed by atoms with Crippen molar-refractivity contribution in [2.24, 2.45) is 0 Å². The van der Waals surface area contributed by atoms with Crippen LogP contribution in [0.3, 0.4) is 0 Å². The quantitative estimate of drug-likeness (QED) is 0.197. The number of hydrogen-bond acceptors (Lipinski definition) is 7. The Bertz CT molecular complexity index is 544. The highest BCUT2D eigenvalue weighted by molar-refractivity contribution is 6.87. The Hall–Kier alpha value is -0.652. The highest BCUT2D eigenvalue weighted by Crippen LogP contribution is 2.26. The molecule has 158 valence electrons. The maximum atomic E-state index is 11.5. The molecule has 1 unspecified atom stereocenters. The summed E-state index contributed by atoms with van der Waals surface area (Å²) in [5, 5.41) is 11.1. The Morgan fingerprint density at radius 3 is 1.85 bits per heavy atom. The number of hydrogen-bond donors (Lipinski definition) is 4. The van der Waals surface area contributed by atoms with Crippen molar-refractivity contribution in [1.29, 1.82) is 0 Å². The van der Waals surface area contributed by atoms with E-state index in [9.17, 15) is 19.2 Å². The molecule has 0 aromatic rings. The van der Waals surface area contributed by atoms with Crippen LogP contribution in [0.5, 0.6) is 0 Å². The summed E-state index contributed by atoms with van der Waals surface area (Å²) in [4.78, 5) is 42.2. The van der Waals surface area contributed by atoms with Crippen molar-refractivity contribution in [3.05, 3.63) is 12.2 Å². The normalized spacial score (nSPS) is 15.6. The van der Waals surface area contributed by atoms with Gasteiger partial charge in [0.15, 0.2) is 0 Å². The number of carboxylic acid groups (broad SMARTS) is 1. The highest BCUT2D eigenvalue weighted by Gasteiger charge is 2.45. The molecule has 13 heteroatoms. The van der Waals surface area contributed by atoms with Gasteiger partial charge in [-0.3, -0.25) is 4.79 Å². The third-order valence-electron chi connectivity index (χ3n) is 2.91. The largest absolute Gasteiger partial charge is 0.478 e. The molecule has 0 bridgehead atoms. The van der Waals surface area contributed by atoms with E-state index in [1.54, 1.807) is 26.2 Å². The minimum Gasteiger partial charge on any atom is -0.478 e. The number of carbonyl (C=O) groups is 2. The lowest BCUT2D eigenvalue weighted by atomic mass is 10.4. The summed E-state index contributed by atoms with van der Waals surface area (Å²) in [6.45, 7) is 12.4. The summed E-state index contributed by atoms with van der Waals surface area (Å²) in [5.74, 6) is -1.69. The average molecular weight is 456 g/mol. The first kappa shape index (κ1) is 26.3. The van der Waals surface area contributed by atoms with Gasteiger partial charge in [-0.05, 0) is 58.3 Å². The Morgan fingerprint density at radius 2 is 1.41 bits per heavy atom. The van der Waals surface area contributed by atoms with Crippen molar-refractivity contribution >= 4 is 46.1 Å². The molecule has 0 aromatic carbocycles. The van der Waals surface area contributed by atoms with E-state index < -0.39 is 46.1 Å². The van der Waals surface area contributed by atoms with Gasteiger partial charge in [0.05, 0.1) is 0 Å². The van der Waals surface area contributed by atoms with E-state index in [1.165, 1.54) is 0 Å². The van der Waals surface area contributed by atoms with E-state index in [-0.39, 0.29) is 0 Å². The van der Waals surface area contributed by atoms with Crippen molar-refractivity contribution in [3.63, 3.8) is 0 Å². The monoisotopic (exact) mass is 455 g/mol. The third kappa shape index (κ3) is 15.0. The van der Waals surface area contributed by atoms with Gasteiger partial charge >= 0.3 is 40.2 Å². The maximum absolute atomic E-state index is 11.5. The number of rotatable bonds is 12. The van der Waals surface area contributed by atoms with Crippen LogP contribution in [0.2, 0.25) is 51.9 Å². The van der Waals surface area contributed by atoms with E-state index in [1.807, 2.05) is 19.6 Å². The van der Waals surface area contributed by atoms with Crippen molar-refractivity contribution in [2.75, 3.05) is 6.54 Å². The fourth-order valence-electron chi connectivity index (χ4n) is 2.62. The van der Waals surface area contributed by atoms with Crippen molar-refractivity contribution in [2.45, 2.75) is 58.3 Å². The number of amides is 1. The lowest BCUT2D eigenvalue weighted by molar-refractivity contribution is -0.131. The number of nitrogens with one attached hydrogen (secondary N) is 1. The second-order valence-corrected chi connectivity index (χ2v) is 21.6. The molecule has 0 spiro atoms. The SMILES string of the molecule is C[Si](C)(O)O[Si](C)(C)O[Si](C)(CCCNC(=O)/C=C\C(=O)O)O[Si](C)(C)O. The average Bonchev–Trinajstić information content (AvgIpc) is 2.35. The zero-order valence-electron chi connectivity index (χ0n) is 17.2. The molecule has 0 heterocycles. The molecule has 0 rings (SSSR count). The van der Waals surface area contributed by atoms with E-state index in [0.29, 0.717) is 19.0 Å². The summed E-state index contributed by atoms with van der Waals surface area (Å²) in [6.07, 6.45) is 2.25. The molecule has 1 amide bonds. The smallest absolute Gasteiger partial charge is 0.328 e. The molecule has 0 aliphatic carbocycles. The first-order chi connectivity index (χ1) is 11.9. The van der Waals surface area contributed by atoms with Gasteiger partial charge in [-0.25, -0.2) is 4.79 Å². The molecule has 0 fully saturated rings. The first-order valence-corrected chi connectivity index (χ1v) is 19.7. The molecular formula is C14H33NO8Si4. The summed E-state index contributed by atoms with van der Waals surface area (Å²) in [5.41, 5.74) is 0. The van der Waals surface area contributed by atoms with E-state index >= 15 is 0 Å². The van der Waals surface area contributed by atoms with Crippen LogP contribution in [0.1, 0.15) is 6.42 Å². The lowest BCUT2D eigenvalue weighted by Gasteiger charge is -2.40. The highest BCUT2D eigenvalue weighted by atomic mass is 28.5. The first-order valence-electron chi connectivity index (χ1n) is 8.67. The van der Waals surface area contributed by atoms with Crippen LogP contribution in [-0.4, -0.2) is 67.4 Å². The van der Waals surface area contributed by atoms with Gasteiger partial charge in [0, 0.05) is 18.7 Å². The van der Waals surface area contributed by atoms with Gasteiger partial charge in [-0.1, -0.05) is 0 Å². The van der Waals surface area contributed by atoms with Crippen molar-refractivity contribution in [1.82, 2.24) is 5.32 Å². The van der Waals surface area contributed by atoms with Crippen LogP contribution in [-0.2, 0) is 21.9 Å². The predicted molar refractivity (Wildman–Crippen MR) is 111 cm³/mol. The Balaban J connectivity index is 4.89. The Morgan fingerprint density at radius 1 is 0.889 bits per heavy atom. The van der Waals surface area contributed by atoms with Gasteiger partial charge in [-0.15, -0.1) is 0 Å². The van der Waals surface area contributed by atoms with Crippen LogP contribution in [0, 0.1) is 0 Å². The van der Waals surface area contributed by atoms with Crippen LogP contribution in [0.4, 0.5) is 0 Å². The Labute approximate surface area is 165 Å². The topological polar surface area (TPSA) is 135 Å². The molecule has 4 N–H and O–H groups in total. The molecular weight excluding hydrogens is 422 g/mol. The zero-order valence-corrected chi connectivity index (χ0v) is 21.2. The van der Waals surface area contributed by atoms with Gasteiger partial charge in [0.25, 0.3) is 0 Å². The van der Waals surface area contributed by atoms with Crippen molar-refractivity contribution < 1.29 is 36.6 Å². The number of carboxylic acids is 1. The summed E-state index contributed by atoms with van der Waals surface area (Å²) < 4.78 is 18.0. The number of carbonyl (C=O) groups excluding carboxylic acids is 1. The van der Waals surface area contributed by atoms with Crippen molar-refractivity contribution in [3.8, 4) is 0 Å².